The Morgan fingerprint density at radius 1 is 1.35 bits per heavy atom. The van der Waals surface area contributed by atoms with E-state index in [0.29, 0.717) is 12.1 Å². The summed E-state index contributed by atoms with van der Waals surface area (Å²) in [5.74, 6) is -0.316. The summed E-state index contributed by atoms with van der Waals surface area (Å²) < 4.78 is 36.2. The molecule has 0 aromatic heterocycles. The molecule has 2 atom stereocenters. The fourth-order valence-electron chi connectivity index (χ4n) is 2.40. The molecule has 2 rings (SSSR count). The van der Waals surface area contributed by atoms with Gasteiger partial charge < -0.3 is 5.32 Å². The van der Waals surface area contributed by atoms with Crippen LogP contribution in [0.3, 0.4) is 0 Å². The second-order valence-corrected chi connectivity index (χ2v) is 6.82. The summed E-state index contributed by atoms with van der Waals surface area (Å²) in [4.78, 5) is 0. The Morgan fingerprint density at radius 3 is 2.76 bits per heavy atom. The molecule has 3 nitrogen and oxygen atoms in total. The van der Waals surface area contributed by atoms with Crippen LogP contribution in [0, 0.1) is 5.82 Å². The summed E-state index contributed by atoms with van der Waals surface area (Å²) >= 11 is 0. The number of hydrogen-bond donors (Lipinski definition) is 1. The highest BCUT2D eigenvalue weighted by molar-refractivity contribution is 7.91. The molecule has 5 heteroatoms. The first-order valence-corrected chi connectivity index (χ1v) is 7.63. The fraction of sp³-hybridized carbons (Fsp3) is 0.500. The third-order valence-electron chi connectivity index (χ3n) is 3.18. The monoisotopic (exact) mass is 257 g/mol. The molecule has 0 aliphatic heterocycles. The van der Waals surface area contributed by atoms with Crippen molar-refractivity contribution in [3.8, 4) is 0 Å². The van der Waals surface area contributed by atoms with Crippen LogP contribution in [0.15, 0.2) is 24.3 Å². The molecule has 0 saturated heterocycles. The standard InChI is InChI=1S/C12H16FNO2S/c1-17(15,16)12-7-3-6-11(12)14-10-5-2-4-9(13)8-10/h2,4-5,8,11-12,14H,3,6-7H2,1H3. The van der Waals surface area contributed by atoms with Crippen molar-refractivity contribution in [2.24, 2.45) is 0 Å². The van der Waals surface area contributed by atoms with Gasteiger partial charge in [-0.15, -0.1) is 0 Å². The third-order valence-corrected chi connectivity index (χ3v) is 4.84. The summed E-state index contributed by atoms with van der Waals surface area (Å²) in [6.45, 7) is 0. The molecule has 94 valence electrons. The van der Waals surface area contributed by atoms with Gasteiger partial charge in [-0.3, -0.25) is 0 Å². The van der Waals surface area contributed by atoms with Crippen LogP contribution >= 0.6 is 0 Å². The number of anilines is 1. The predicted octanol–water partition coefficient (Wildman–Crippen LogP) is 2.20. The van der Waals surface area contributed by atoms with Gasteiger partial charge in [0.1, 0.15) is 5.82 Å². The van der Waals surface area contributed by atoms with Gasteiger partial charge in [0.05, 0.1) is 5.25 Å². The number of rotatable bonds is 3. The smallest absolute Gasteiger partial charge is 0.152 e. The second-order valence-electron chi connectivity index (χ2n) is 4.56. The maximum absolute atomic E-state index is 13.0. The molecule has 1 aromatic rings. The van der Waals surface area contributed by atoms with Crippen LogP contribution < -0.4 is 5.32 Å². The van der Waals surface area contributed by atoms with E-state index in [9.17, 15) is 12.8 Å². The van der Waals surface area contributed by atoms with E-state index in [4.69, 9.17) is 0 Å². The van der Waals surface area contributed by atoms with Gasteiger partial charge in [-0.05, 0) is 37.5 Å². The molecule has 1 saturated carbocycles. The lowest BCUT2D eigenvalue weighted by atomic mass is 10.2. The van der Waals surface area contributed by atoms with Gasteiger partial charge in [0, 0.05) is 18.0 Å². The van der Waals surface area contributed by atoms with E-state index in [1.165, 1.54) is 18.4 Å². The number of nitrogens with one attached hydrogen (secondary N) is 1. The van der Waals surface area contributed by atoms with Gasteiger partial charge in [-0.1, -0.05) is 6.07 Å². The average Bonchev–Trinajstić information content (AvgIpc) is 2.65. The van der Waals surface area contributed by atoms with Gasteiger partial charge in [0.25, 0.3) is 0 Å². The molecule has 1 aliphatic rings. The largest absolute Gasteiger partial charge is 0.381 e. The lowest BCUT2D eigenvalue weighted by Crippen LogP contribution is -2.34. The average molecular weight is 257 g/mol. The van der Waals surface area contributed by atoms with E-state index in [-0.39, 0.29) is 17.1 Å². The van der Waals surface area contributed by atoms with Crippen molar-refractivity contribution in [2.75, 3.05) is 11.6 Å². The van der Waals surface area contributed by atoms with E-state index >= 15 is 0 Å². The summed E-state index contributed by atoms with van der Waals surface area (Å²) in [6.07, 6.45) is 3.66. The van der Waals surface area contributed by atoms with Gasteiger partial charge in [-0.2, -0.15) is 0 Å². The topological polar surface area (TPSA) is 46.2 Å². The minimum Gasteiger partial charge on any atom is -0.381 e. The third kappa shape index (κ3) is 2.97. The molecular formula is C12H16FNO2S. The van der Waals surface area contributed by atoms with E-state index in [0.717, 1.165) is 12.8 Å². The van der Waals surface area contributed by atoms with Gasteiger partial charge in [0.15, 0.2) is 9.84 Å². The Labute approximate surface area is 101 Å². The molecule has 1 aliphatic carbocycles. The molecule has 2 unspecified atom stereocenters. The van der Waals surface area contributed by atoms with Crippen molar-refractivity contribution >= 4 is 15.5 Å². The summed E-state index contributed by atoms with van der Waals surface area (Å²) in [5.41, 5.74) is 0.644. The lowest BCUT2D eigenvalue weighted by Gasteiger charge is -2.20. The highest BCUT2D eigenvalue weighted by atomic mass is 32.2. The number of benzene rings is 1. The molecule has 17 heavy (non-hydrogen) atoms. The molecule has 0 amide bonds. The molecule has 0 heterocycles. The van der Waals surface area contributed by atoms with Crippen LogP contribution in [0.1, 0.15) is 19.3 Å². The Hall–Kier alpha value is -1.10. The molecular weight excluding hydrogens is 241 g/mol. The summed E-state index contributed by atoms with van der Waals surface area (Å²) in [7, 11) is -3.04. The van der Waals surface area contributed by atoms with Crippen molar-refractivity contribution in [1.29, 1.82) is 0 Å². The Bertz CT molecular complexity index is 501. The number of hydrogen-bond acceptors (Lipinski definition) is 3. The van der Waals surface area contributed by atoms with Gasteiger partial charge in [0.2, 0.25) is 0 Å². The Morgan fingerprint density at radius 2 is 2.12 bits per heavy atom. The minimum absolute atomic E-state index is 0.105. The van der Waals surface area contributed by atoms with Crippen LogP contribution in [0.2, 0.25) is 0 Å². The van der Waals surface area contributed by atoms with E-state index in [1.54, 1.807) is 12.1 Å². The molecule has 0 bridgehead atoms. The first-order chi connectivity index (χ1) is 7.97. The number of sulfone groups is 1. The van der Waals surface area contributed by atoms with Crippen LogP contribution in [-0.4, -0.2) is 26.0 Å². The first-order valence-electron chi connectivity index (χ1n) is 5.68. The molecule has 1 N–H and O–H groups in total. The summed E-state index contributed by atoms with van der Waals surface area (Å²) in [5, 5.41) is 2.76. The maximum Gasteiger partial charge on any atom is 0.152 e. The highest BCUT2D eigenvalue weighted by Gasteiger charge is 2.34. The van der Waals surface area contributed by atoms with Crippen LogP contribution in [0.5, 0.6) is 0 Å². The van der Waals surface area contributed by atoms with Gasteiger partial charge in [-0.25, -0.2) is 12.8 Å². The van der Waals surface area contributed by atoms with Gasteiger partial charge >= 0.3 is 0 Å². The van der Waals surface area contributed by atoms with E-state index in [1.807, 2.05) is 0 Å². The maximum atomic E-state index is 13.0. The molecule has 1 aromatic carbocycles. The van der Waals surface area contributed by atoms with E-state index in [2.05, 4.69) is 5.32 Å². The highest BCUT2D eigenvalue weighted by Crippen LogP contribution is 2.28. The van der Waals surface area contributed by atoms with Crippen molar-refractivity contribution in [2.45, 2.75) is 30.6 Å². The fourth-order valence-corrected chi connectivity index (χ4v) is 3.79. The van der Waals surface area contributed by atoms with Crippen molar-refractivity contribution in [3.05, 3.63) is 30.1 Å². The first kappa shape index (κ1) is 12.4. The SMILES string of the molecule is CS(=O)(=O)C1CCCC1Nc1cccc(F)c1. The number of halogens is 1. The predicted molar refractivity (Wildman–Crippen MR) is 66.3 cm³/mol. The molecule has 0 spiro atoms. The minimum atomic E-state index is -3.04. The Kier molecular flexibility index (Phi) is 3.38. The zero-order valence-corrected chi connectivity index (χ0v) is 10.5. The van der Waals surface area contributed by atoms with Crippen LogP contribution in [0.25, 0.3) is 0 Å². The van der Waals surface area contributed by atoms with Crippen LogP contribution in [-0.2, 0) is 9.84 Å². The quantitative estimate of drug-likeness (QED) is 0.903. The van der Waals surface area contributed by atoms with Crippen LogP contribution in [0.4, 0.5) is 10.1 Å². The molecule has 0 radical (unpaired) electrons. The lowest BCUT2D eigenvalue weighted by molar-refractivity contribution is 0.579. The van der Waals surface area contributed by atoms with Crippen molar-refractivity contribution < 1.29 is 12.8 Å². The zero-order chi connectivity index (χ0) is 12.5. The second kappa shape index (κ2) is 4.64. The van der Waals surface area contributed by atoms with E-state index < -0.39 is 9.84 Å². The van der Waals surface area contributed by atoms with Crippen molar-refractivity contribution in [3.63, 3.8) is 0 Å². The summed E-state index contributed by atoms with van der Waals surface area (Å²) in [6, 6.07) is 6.01. The van der Waals surface area contributed by atoms with Crippen molar-refractivity contribution in [1.82, 2.24) is 0 Å². The Balaban J connectivity index is 2.13. The zero-order valence-electron chi connectivity index (χ0n) is 9.69. The normalized spacial score (nSPS) is 24.8. The molecule has 1 fully saturated rings.